The van der Waals surface area contributed by atoms with Gasteiger partial charge in [0.2, 0.25) is 0 Å². The Hall–Kier alpha value is -2.94. The number of hydrogen-bond donors (Lipinski definition) is 1. The molecule has 0 atom stereocenters. The average Bonchev–Trinajstić information content (AvgIpc) is 3.07. The number of amidine groups is 1. The Morgan fingerprint density at radius 2 is 1.69 bits per heavy atom. The van der Waals surface area contributed by atoms with E-state index in [0.717, 1.165) is 34.6 Å². The molecule has 2 aromatic carbocycles. The molecule has 0 saturated carbocycles. The Labute approximate surface area is 155 Å². The van der Waals surface area contributed by atoms with Crippen molar-refractivity contribution >= 4 is 17.1 Å². The first kappa shape index (κ1) is 17.9. The van der Waals surface area contributed by atoms with Crippen LogP contribution in [0.5, 0.6) is 5.75 Å². The van der Waals surface area contributed by atoms with Crippen LogP contribution in [0.15, 0.2) is 65.2 Å². The summed E-state index contributed by atoms with van der Waals surface area (Å²) in [5.74, 6) is 1.10. The first-order valence-electron chi connectivity index (χ1n) is 8.76. The number of benzene rings is 2. The van der Waals surface area contributed by atoms with Gasteiger partial charge >= 0.3 is 0 Å². The lowest BCUT2D eigenvalue weighted by molar-refractivity contribution is 0.413. The van der Waals surface area contributed by atoms with Crippen molar-refractivity contribution in [1.82, 2.24) is 0 Å². The molecule has 3 rings (SSSR count). The number of aryl methyl sites for hydroxylation is 1. The van der Waals surface area contributed by atoms with E-state index < -0.39 is 0 Å². The summed E-state index contributed by atoms with van der Waals surface area (Å²) in [7, 11) is 1.69. The van der Waals surface area contributed by atoms with Gasteiger partial charge in [0, 0.05) is 16.8 Å². The van der Waals surface area contributed by atoms with Gasteiger partial charge in [-0.3, -0.25) is 5.41 Å². The van der Waals surface area contributed by atoms with Gasteiger partial charge in [-0.2, -0.15) is 0 Å². The Morgan fingerprint density at radius 3 is 2.31 bits per heavy atom. The zero-order valence-electron chi connectivity index (χ0n) is 15.8. The number of methoxy groups -OCH3 is 1. The topological polar surface area (TPSA) is 45.4 Å². The second-order valence-corrected chi connectivity index (χ2v) is 6.57. The van der Waals surface area contributed by atoms with Gasteiger partial charge in [0.15, 0.2) is 5.84 Å². The van der Waals surface area contributed by atoms with E-state index in [2.05, 4.69) is 30.1 Å². The molecule has 132 valence electrons. The summed E-state index contributed by atoms with van der Waals surface area (Å²) in [4.78, 5) is 4.48. The molecule has 0 unspecified atom stereocenters. The van der Waals surface area contributed by atoms with Crippen LogP contribution in [0, 0.1) is 12.3 Å². The Balaban J connectivity index is 1.90. The van der Waals surface area contributed by atoms with Crippen LogP contribution in [0.2, 0.25) is 0 Å². The molecule has 3 nitrogen and oxygen atoms in total. The van der Waals surface area contributed by atoms with Crippen molar-refractivity contribution in [1.29, 1.82) is 5.41 Å². The maximum absolute atomic E-state index is 8.25. The summed E-state index contributed by atoms with van der Waals surface area (Å²) in [6, 6.07) is 14.0. The summed E-state index contributed by atoms with van der Waals surface area (Å²) in [6.45, 7) is 6.09. The normalized spacial score (nSPS) is 14.1. The van der Waals surface area contributed by atoms with Gasteiger partial charge < -0.3 is 4.74 Å². The number of nitrogens with zero attached hydrogens (tertiary/aromatic N) is 1. The second kappa shape index (κ2) is 7.52. The molecule has 1 aliphatic carbocycles. The average molecular weight is 344 g/mol. The molecular formula is C23H24N2O. The van der Waals surface area contributed by atoms with E-state index in [1.165, 1.54) is 16.7 Å². The minimum atomic E-state index is 0.267. The van der Waals surface area contributed by atoms with Crippen molar-refractivity contribution in [3.8, 4) is 5.75 Å². The molecule has 26 heavy (non-hydrogen) atoms. The van der Waals surface area contributed by atoms with Crippen LogP contribution >= 0.6 is 0 Å². The molecule has 0 aromatic heterocycles. The zero-order valence-corrected chi connectivity index (χ0v) is 15.8. The van der Waals surface area contributed by atoms with Crippen molar-refractivity contribution in [2.45, 2.75) is 27.2 Å². The van der Waals surface area contributed by atoms with Gasteiger partial charge in [-0.1, -0.05) is 48.0 Å². The minimum absolute atomic E-state index is 0.267. The van der Waals surface area contributed by atoms with Crippen molar-refractivity contribution in [3.63, 3.8) is 0 Å². The highest BCUT2D eigenvalue weighted by Crippen LogP contribution is 2.35. The molecular weight excluding hydrogens is 320 g/mol. The molecule has 1 aliphatic rings. The van der Waals surface area contributed by atoms with Crippen LogP contribution < -0.4 is 4.74 Å². The molecule has 0 fully saturated rings. The predicted molar refractivity (Wildman–Crippen MR) is 110 cm³/mol. The fourth-order valence-corrected chi connectivity index (χ4v) is 3.09. The van der Waals surface area contributed by atoms with Crippen molar-refractivity contribution in [2.75, 3.05) is 7.11 Å². The minimum Gasteiger partial charge on any atom is -0.496 e. The first-order valence-corrected chi connectivity index (χ1v) is 8.76. The van der Waals surface area contributed by atoms with Crippen LogP contribution in [0.25, 0.3) is 5.57 Å². The quantitative estimate of drug-likeness (QED) is 0.572. The number of aliphatic imine (C=N–C) groups is 1. The molecule has 0 bridgehead atoms. The lowest BCUT2D eigenvalue weighted by atomic mass is 9.98. The van der Waals surface area contributed by atoms with Gasteiger partial charge in [0.05, 0.1) is 7.11 Å². The lowest BCUT2D eigenvalue weighted by Crippen LogP contribution is -2.03. The number of allylic oxidation sites excluding steroid dienone is 4. The van der Waals surface area contributed by atoms with Crippen LogP contribution in [0.3, 0.4) is 0 Å². The van der Waals surface area contributed by atoms with Gasteiger partial charge in [0.25, 0.3) is 0 Å². The van der Waals surface area contributed by atoms with E-state index in [4.69, 9.17) is 10.1 Å². The Bertz CT molecular complexity index is 931. The summed E-state index contributed by atoms with van der Waals surface area (Å²) >= 11 is 0. The fraction of sp³-hybridized carbons (Fsp3) is 0.217. The van der Waals surface area contributed by atoms with Crippen LogP contribution in [0.4, 0.5) is 0 Å². The molecule has 0 heterocycles. The maximum Gasteiger partial charge on any atom is 0.152 e. The number of ether oxygens (including phenoxy) is 1. The number of nitrogens with one attached hydrogen (secondary N) is 1. The van der Waals surface area contributed by atoms with Crippen LogP contribution in [-0.2, 0) is 0 Å². The zero-order chi connectivity index (χ0) is 18.7. The van der Waals surface area contributed by atoms with E-state index in [9.17, 15) is 0 Å². The Morgan fingerprint density at radius 1 is 1.00 bits per heavy atom. The van der Waals surface area contributed by atoms with Crippen LogP contribution in [0.1, 0.15) is 42.5 Å². The Kier molecular flexibility index (Phi) is 5.17. The molecule has 0 aliphatic heterocycles. The van der Waals surface area contributed by atoms with Gasteiger partial charge in [-0.15, -0.1) is 0 Å². The number of hydrogen-bond acceptors (Lipinski definition) is 2. The van der Waals surface area contributed by atoms with E-state index in [1.807, 2.05) is 50.2 Å². The fourth-order valence-electron chi connectivity index (χ4n) is 3.09. The summed E-state index contributed by atoms with van der Waals surface area (Å²) < 4.78 is 5.62. The maximum atomic E-state index is 8.25. The third kappa shape index (κ3) is 3.67. The van der Waals surface area contributed by atoms with E-state index >= 15 is 0 Å². The highest BCUT2D eigenvalue weighted by molar-refractivity contribution is 6.10. The standard InChI is InChI=1S/C23H24N2O/c1-15-8-10-18(11-9-15)23(24)25-17(3)19-12-13-21(22(14-19)26-4)20-7-5-6-16(20)2/h6-14,24H,5H2,1-4H3. The second-order valence-electron chi connectivity index (χ2n) is 6.57. The third-order valence-electron chi connectivity index (χ3n) is 4.68. The summed E-state index contributed by atoms with van der Waals surface area (Å²) in [5, 5.41) is 8.25. The predicted octanol–water partition coefficient (Wildman–Crippen LogP) is 5.57. The lowest BCUT2D eigenvalue weighted by Gasteiger charge is -2.13. The first-order chi connectivity index (χ1) is 12.5. The molecule has 0 saturated heterocycles. The SMILES string of the molecule is COc1cc(C(C)=NC(=N)c2ccc(C)cc2)ccc1C1=CCC=C1C. The van der Waals surface area contributed by atoms with Gasteiger partial charge in [0.1, 0.15) is 5.75 Å². The van der Waals surface area contributed by atoms with Crippen molar-refractivity contribution in [3.05, 3.63) is 82.4 Å². The van der Waals surface area contributed by atoms with E-state index in [-0.39, 0.29) is 5.84 Å². The molecule has 0 amide bonds. The summed E-state index contributed by atoms with van der Waals surface area (Å²) in [6.07, 6.45) is 5.42. The van der Waals surface area contributed by atoms with Crippen LogP contribution in [-0.4, -0.2) is 18.7 Å². The van der Waals surface area contributed by atoms with Gasteiger partial charge in [-0.25, -0.2) is 4.99 Å². The highest BCUT2D eigenvalue weighted by Gasteiger charge is 2.14. The van der Waals surface area contributed by atoms with E-state index in [0.29, 0.717) is 0 Å². The monoisotopic (exact) mass is 344 g/mol. The summed E-state index contributed by atoms with van der Waals surface area (Å²) in [5.41, 5.74) is 7.36. The highest BCUT2D eigenvalue weighted by atomic mass is 16.5. The molecule has 3 heteroatoms. The molecule has 2 aromatic rings. The molecule has 0 radical (unpaired) electrons. The molecule has 0 spiro atoms. The number of rotatable bonds is 4. The molecule has 1 N–H and O–H groups in total. The third-order valence-corrected chi connectivity index (χ3v) is 4.68. The largest absolute Gasteiger partial charge is 0.496 e. The van der Waals surface area contributed by atoms with Crippen molar-refractivity contribution in [2.24, 2.45) is 4.99 Å². The van der Waals surface area contributed by atoms with Gasteiger partial charge in [-0.05, 0) is 56.0 Å². The van der Waals surface area contributed by atoms with Crippen molar-refractivity contribution < 1.29 is 4.74 Å². The van der Waals surface area contributed by atoms with E-state index in [1.54, 1.807) is 7.11 Å². The smallest absolute Gasteiger partial charge is 0.152 e.